The lowest BCUT2D eigenvalue weighted by molar-refractivity contribution is 0.162. The number of hydrogen-bond donors (Lipinski definition) is 1. The molecule has 2 aromatic rings. The van der Waals surface area contributed by atoms with Crippen LogP contribution in [0.4, 0.5) is 4.79 Å². The Morgan fingerprint density at radius 3 is 2.31 bits per heavy atom. The van der Waals surface area contributed by atoms with Crippen LogP contribution in [0.25, 0.3) is 0 Å². The highest BCUT2D eigenvalue weighted by Gasteiger charge is 2.53. The zero-order chi connectivity index (χ0) is 20.3. The van der Waals surface area contributed by atoms with E-state index in [-0.39, 0.29) is 11.4 Å². The summed E-state index contributed by atoms with van der Waals surface area (Å²) >= 11 is 0. The van der Waals surface area contributed by atoms with Gasteiger partial charge in [0.15, 0.2) is 0 Å². The first-order chi connectivity index (χ1) is 14.0. The summed E-state index contributed by atoms with van der Waals surface area (Å²) < 4.78 is 0. The third-order valence-electron chi connectivity index (χ3n) is 6.28. The van der Waals surface area contributed by atoms with Crippen molar-refractivity contribution >= 4 is 6.03 Å². The van der Waals surface area contributed by atoms with Crippen molar-refractivity contribution in [2.45, 2.75) is 13.1 Å². The molecule has 5 heteroatoms. The van der Waals surface area contributed by atoms with Crippen LogP contribution >= 0.6 is 0 Å². The van der Waals surface area contributed by atoms with E-state index in [4.69, 9.17) is 0 Å². The first-order valence-electron chi connectivity index (χ1n) is 10.5. The van der Waals surface area contributed by atoms with E-state index in [2.05, 4.69) is 59.5 Å². The predicted molar refractivity (Wildman–Crippen MR) is 116 cm³/mol. The third kappa shape index (κ3) is 4.62. The van der Waals surface area contributed by atoms with Crippen molar-refractivity contribution in [2.24, 2.45) is 11.3 Å². The lowest BCUT2D eigenvalue weighted by Crippen LogP contribution is -2.44. The summed E-state index contributed by atoms with van der Waals surface area (Å²) in [6.07, 6.45) is 0. The highest BCUT2D eigenvalue weighted by atomic mass is 16.2. The molecule has 0 bridgehead atoms. The Morgan fingerprint density at radius 2 is 1.66 bits per heavy atom. The zero-order valence-electron chi connectivity index (χ0n) is 17.6. The van der Waals surface area contributed by atoms with Crippen LogP contribution in [-0.4, -0.2) is 67.5 Å². The molecule has 2 heterocycles. The Bertz CT molecular complexity index is 810. The van der Waals surface area contributed by atoms with E-state index in [1.807, 2.05) is 35.2 Å². The molecule has 29 heavy (non-hydrogen) atoms. The number of carbonyl (C=O) groups is 1. The molecule has 2 fully saturated rings. The van der Waals surface area contributed by atoms with E-state index in [0.29, 0.717) is 12.5 Å². The SMILES string of the molecule is CN(C)C[C@@]12CN(Cc3ccccc3)C[C@@H]1CN(C(=O)NCc1ccccc1)C2. The number of hydrogen-bond acceptors (Lipinski definition) is 3. The highest BCUT2D eigenvalue weighted by molar-refractivity contribution is 5.74. The van der Waals surface area contributed by atoms with Gasteiger partial charge in [-0.1, -0.05) is 60.7 Å². The standard InChI is InChI=1S/C24H32N4O/c1-26(2)17-24-18-27(14-21-11-7-4-8-12-21)15-22(24)16-28(19-24)23(29)25-13-20-9-5-3-6-10-20/h3-12,22H,13-19H2,1-2H3,(H,25,29)/t22-,24+/m1/s1. The maximum Gasteiger partial charge on any atom is 0.317 e. The smallest absolute Gasteiger partial charge is 0.317 e. The Hall–Kier alpha value is -2.37. The normalized spacial score (nSPS) is 24.1. The number of urea groups is 1. The minimum absolute atomic E-state index is 0.0657. The Balaban J connectivity index is 1.39. The van der Waals surface area contributed by atoms with Gasteiger partial charge in [-0.25, -0.2) is 4.79 Å². The van der Waals surface area contributed by atoms with Gasteiger partial charge in [0.05, 0.1) is 0 Å². The molecule has 2 aromatic carbocycles. The number of nitrogens with zero attached hydrogens (tertiary/aromatic N) is 3. The van der Waals surface area contributed by atoms with Crippen molar-refractivity contribution < 1.29 is 4.79 Å². The number of rotatable bonds is 6. The van der Waals surface area contributed by atoms with Crippen molar-refractivity contribution in [3.8, 4) is 0 Å². The summed E-state index contributed by atoms with van der Waals surface area (Å²) in [5, 5.41) is 3.11. The van der Waals surface area contributed by atoms with Crippen molar-refractivity contribution in [3.63, 3.8) is 0 Å². The largest absolute Gasteiger partial charge is 0.334 e. The van der Waals surface area contributed by atoms with Gasteiger partial charge in [-0.05, 0) is 31.1 Å². The number of carbonyl (C=O) groups excluding carboxylic acids is 1. The monoisotopic (exact) mass is 392 g/mol. The summed E-state index contributed by atoms with van der Waals surface area (Å²) in [5.41, 5.74) is 2.66. The quantitative estimate of drug-likeness (QED) is 0.822. The average Bonchev–Trinajstić information content (AvgIpc) is 3.20. The van der Waals surface area contributed by atoms with Gasteiger partial charge in [0, 0.05) is 51.2 Å². The minimum Gasteiger partial charge on any atom is -0.334 e. The second kappa shape index (κ2) is 8.56. The Labute approximate surface area is 174 Å². The summed E-state index contributed by atoms with van der Waals surface area (Å²) in [4.78, 5) is 19.7. The Kier molecular flexibility index (Phi) is 5.88. The molecular weight excluding hydrogens is 360 g/mol. The molecule has 154 valence electrons. The molecule has 2 aliphatic heterocycles. The maximum absolute atomic E-state index is 12.8. The molecule has 0 saturated carbocycles. The van der Waals surface area contributed by atoms with Gasteiger partial charge in [-0.15, -0.1) is 0 Å². The lowest BCUT2D eigenvalue weighted by Gasteiger charge is -2.32. The van der Waals surface area contributed by atoms with Crippen LogP contribution in [0.15, 0.2) is 60.7 Å². The van der Waals surface area contributed by atoms with Crippen LogP contribution in [0.3, 0.4) is 0 Å². The van der Waals surface area contributed by atoms with E-state index in [1.54, 1.807) is 0 Å². The van der Waals surface area contributed by atoms with Gasteiger partial charge in [-0.3, -0.25) is 4.90 Å². The highest BCUT2D eigenvalue weighted by Crippen LogP contribution is 2.43. The minimum atomic E-state index is 0.0657. The van der Waals surface area contributed by atoms with E-state index in [1.165, 1.54) is 5.56 Å². The van der Waals surface area contributed by atoms with Crippen molar-refractivity contribution in [3.05, 3.63) is 71.8 Å². The second-order valence-corrected chi connectivity index (χ2v) is 8.98. The van der Waals surface area contributed by atoms with Crippen LogP contribution in [0, 0.1) is 11.3 Å². The van der Waals surface area contributed by atoms with Crippen LogP contribution < -0.4 is 5.32 Å². The van der Waals surface area contributed by atoms with Gasteiger partial charge in [-0.2, -0.15) is 0 Å². The van der Waals surface area contributed by atoms with Gasteiger partial charge in [0.25, 0.3) is 0 Å². The molecule has 0 aliphatic carbocycles. The molecule has 0 spiro atoms. The van der Waals surface area contributed by atoms with Gasteiger partial charge in [0.2, 0.25) is 0 Å². The molecule has 2 aliphatic rings. The molecular formula is C24H32N4O. The van der Waals surface area contributed by atoms with Crippen molar-refractivity contribution in [1.82, 2.24) is 20.0 Å². The zero-order valence-corrected chi connectivity index (χ0v) is 17.6. The fourth-order valence-electron chi connectivity index (χ4n) is 5.15. The van der Waals surface area contributed by atoms with E-state index >= 15 is 0 Å². The molecule has 5 nitrogen and oxygen atoms in total. The topological polar surface area (TPSA) is 38.8 Å². The van der Waals surface area contributed by atoms with Gasteiger partial charge >= 0.3 is 6.03 Å². The predicted octanol–water partition coefficient (Wildman–Crippen LogP) is 2.89. The molecule has 2 atom stereocenters. The average molecular weight is 393 g/mol. The van der Waals surface area contributed by atoms with E-state index < -0.39 is 0 Å². The lowest BCUT2D eigenvalue weighted by atomic mass is 9.80. The fraction of sp³-hybridized carbons (Fsp3) is 0.458. The van der Waals surface area contributed by atoms with Gasteiger partial charge < -0.3 is 15.1 Å². The summed E-state index contributed by atoms with van der Waals surface area (Å²) in [6, 6.07) is 20.9. The van der Waals surface area contributed by atoms with Crippen LogP contribution in [0.5, 0.6) is 0 Å². The molecule has 1 N–H and O–H groups in total. The maximum atomic E-state index is 12.8. The van der Waals surface area contributed by atoms with Crippen molar-refractivity contribution in [2.75, 3.05) is 46.8 Å². The molecule has 0 unspecified atom stereocenters. The molecule has 0 aromatic heterocycles. The first-order valence-corrected chi connectivity index (χ1v) is 10.5. The van der Waals surface area contributed by atoms with Crippen LogP contribution in [-0.2, 0) is 13.1 Å². The fourth-order valence-corrected chi connectivity index (χ4v) is 5.15. The van der Waals surface area contributed by atoms with Crippen molar-refractivity contribution in [1.29, 1.82) is 0 Å². The van der Waals surface area contributed by atoms with Crippen LogP contribution in [0.2, 0.25) is 0 Å². The molecule has 4 rings (SSSR count). The van der Waals surface area contributed by atoms with E-state index in [0.717, 1.165) is 44.8 Å². The first kappa shape index (κ1) is 19.9. The molecule has 2 amide bonds. The summed E-state index contributed by atoms with van der Waals surface area (Å²) in [5.74, 6) is 0.524. The second-order valence-electron chi connectivity index (χ2n) is 8.98. The third-order valence-corrected chi connectivity index (χ3v) is 6.28. The number of amides is 2. The number of likely N-dealkylation sites (tertiary alicyclic amines) is 2. The Morgan fingerprint density at radius 1 is 1.00 bits per heavy atom. The number of benzene rings is 2. The summed E-state index contributed by atoms with van der Waals surface area (Å²) in [6.45, 7) is 6.39. The molecule has 2 saturated heterocycles. The number of fused-ring (bicyclic) bond motifs is 1. The van der Waals surface area contributed by atoms with Gasteiger partial charge in [0.1, 0.15) is 0 Å². The molecule has 0 radical (unpaired) electrons. The van der Waals surface area contributed by atoms with Crippen LogP contribution in [0.1, 0.15) is 11.1 Å². The summed E-state index contributed by atoms with van der Waals surface area (Å²) in [7, 11) is 4.29. The van der Waals surface area contributed by atoms with E-state index in [9.17, 15) is 4.79 Å². The number of nitrogens with one attached hydrogen (secondary N) is 1.